The Morgan fingerprint density at radius 3 is 2.90 bits per heavy atom. The van der Waals surface area contributed by atoms with Crippen LogP contribution >= 0.6 is 23.1 Å². The van der Waals surface area contributed by atoms with Crippen LogP contribution in [0.4, 0.5) is 10.8 Å². The number of thioether (sulfide) groups is 1. The number of hydrogen-bond donors (Lipinski definition) is 2. The second kappa shape index (κ2) is 10.1. The van der Waals surface area contributed by atoms with Gasteiger partial charge >= 0.3 is 0 Å². The molecule has 1 fully saturated rings. The van der Waals surface area contributed by atoms with E-state index in [1.165, 1.54) is 34.2 Å². The summed E-state index contributed by atoms with van der Waals surface area (Å²) in [7, 11) is 0. The Morgan fingerprint density at radius 2 is 2.07 bits per heavy atom. The lowest BCUT2D eigenvalue weighted by Gasteiger charge is -2.16. The maximum Gasteiger partial charge on any atom is 0.230 e. The first-order chi connectivity index (χ1) is 14.6. The summed E-state index contributed by atoms with van der Waals surface area (Å²) in [6.45, 7) is 4.89. The molecule has 8 heteroatoms. The van der Waals surface area contributed by atoms with Crippen LogP contribution in [0.1, 0.15) is 17.5 Å². The molecule has 0 aliphatic carbocycles. The highest BCUT2D eigenvalue weighted by Gasteiger charge is 2.23. The van der Waals surface area contributed by atoms with Crippen molar-refractivity contribution in [3.63, 3.8) is 0 Å². The topological polar surface area (TPSA) is 70.1 Å². The molecule has 156 valence electrons. The second-order valence-electron chi connectivity index (χ2n) is 7.43. The molecule has 0 saturated carbocycles. The molecule has 1 aliphatic rings. The van der Waals surface area contributed by atoms with E-state index in [-0.39, 0.29) is 11.9 Å². The number of rotatable bonds is 8. The molecule has 3 aromatic rings. The van der Waals surface area contributed by atoms with Crippen molar-refractivity contribution in [2.45, 2.75) is 30.3 Å². The molecular formula is C22H25N5OS2. The molecule has 1 unspecified atom stereocenters. The van der Waals surface area contributed by atoms with Gasteiger partial charge in [0, 0.05) is 31.4 Å². The van der Waals surface area contributed by atoms with Gasteiger partial charge in [-0.3, -0.25) is 9.69 Å². The monoisotopic (exact) mass is 439 g/mol. The molecule has 30 heavy (non-hydrogen) atoms. The van der Waals surface area contributed by atoms with Crippen molar-refractivity contribution in [3.05, 3.63) is 65.7 Å². The molecule has 6 nitrogen and oxygen atoms in total. The average molecular weight is 440 g/mol. The number of carbonyl (C=O) groups excluding carboxylic acids is 1. The minimum absolute atomic E-state index is 0.0509. The molecule has 1 amide bonds. The van der Waals surface area contributed by atoms with Crippen molar-refractivity contribution in [2.75, 3.05) is 24.2 Å². The lowest BCUT2D eigenvalue weighted by atomic mass is 10.2. The Balaban J connectivity index is 1.19. The van der Waals surface area contributed by atoms with Gasteiger partial charge in [0.25, 0.3) is 0 Å². The molecule has 2 aromatic carbocycles. The summed E-state index contributed by atoms with van der Waals surface area (Å²) in [6.07, 6.45) is 0.993. The molecule has 2 N–H and O–H groups in total. The zero-order valence-electron chi connectivity index (χ0n) is 16.9. The molecule has 0 radical (unpaired) electrons. The van der Waals surface area contributed by atoms with E-state index in [4.69, 9.17) is 0 Å². The Labute approximate surface area is 185 Å². The number of likely N-dealkylation sites (tertiary alicyclic amines) is 1. The highest BCUT2D eigenvalue weighted by molar-refractivity contribution is 8.01. The molecule has 4 rings (SSSR count). The fourth-order valence-electron chi connectivity index (χ4n) is 3.50. The van der Waals surface area contributed by atoms with Gasteiger partial charge in [0.1, 0.15) is 0 Å². The Morgan fingerprint density at radius 1 is 1.20 bits per heavy atom. The van der Waals surface area contributed by atoms with E-state index in [1.807, 2.05) is 18.2 Å². The van der Waals surface area contributed by atoms with Crippen LogP contribution in [0.15, 0.2) is 58.9 Å². The highest BCUT2D eigenvalue weighted by atomic mass is 32.2. The van der Waals surface area contributed by atoms with Crippen molar-refractivity contribution in [1.82, 2.24) is 20.4 Å². The smallest absolute Gasteiger partial charge is 0.230 e. The number of nitrogens with zero attached hydrogens (tertiary/aromatic N) is 3. The van der Waals surface area contributed by atoms with Crippen molar-refractivity contribution in [1.29, 1.82) is 0 Å². The normalized spacial score (nSPS) is 16.5. The van der Waals surface area contributed by atoms with Gasteiger partial charge in [0.2, 0.25) is 11.0 Å². The van der Waals surface area contributed by atoms with Crippen molar-refractivity contribution < 1.29 is 4.79 Å². The van der Waals surface area contributed by atoms with Gasteiger partial charge < -0.3 is 10.6 Å². The number of carbonyl (C=O) groups is 1. The number of aromatic nitrogens is 2. The summed E-state index contributed by atoms with van der Waals surface area (Å²) in [4.78, 5) is 14.8. The highest BCUT2D eigenvalue weighted by Crippen LogP contribution is 2.27. The summed E-state index contributed by atoms with van der Waals surface area (Å²) in [6, 6.07) is 18.8. The quantitative estimate of drug-likeness (QED) is 0.516. The van der Waals surface area contributed by atoms with Gasteiger partial charge in [-0.1, -0.05) is 65.6 Å². The minimum atomic E-state index is 0.0509. The zero-order valence-corrected chi connectivity index (χ0v) is 18.5. The molecule has 0 bridgehead atoms. The Kier molecular flexibility index (Phi) is 6.99. The maximum absolute atomic E-state index is 12.4. The standard InChI is InChI=1S/C22H25N5OS2/c1-16-6-5-9-18(12-16)24-21-25-26-22(30-21)29-15-20(28)23-19-10-11-27(14-19)13-17-7-3-2-4-8-17/h2-9,12,19H,10-11,13-15H2,1H3,(H,23,28)(H,24,25). The summed E-state index contributed by atoms with van der Waals surface area (Å²) >= 11 is 2.89. The third-order valence-corrected chi connectivity index (χ3v) is 6.86. The number of nitrogens with one attached hydrogen (secondary N) is 2. The summed E-state index contributed by atoms with van der Waals surface area (Å²) < 4.78 is 0.789. The first-order valence-electron chi connectivity index (χ1n) is 10.00. The fraction of sp³-hybridized carbons (Fsp3) is 0.318. The SMILES string of the molecule is Cc1cccc(Nc2nnc(SCC(=O)NC3CCN(Cc4ccccc4)C3)s2)c1. The molecular weight excluding hydrogens is 414 g/mol. The predicted molar refractivity (Wildman–Crippen MR) is 123 cm³/mol. The third kappa shape index (κ3) is 6.04. The van der Waals surface area contributed by atoms with Crippen molar-refractivity contribution >= 4 is 39.8 Å². The zero-order chi connectivity index (χ0) is 20.8. The molecule has 1 atom stereocenters. The van der Waals surface area contributed by atoms with Crippen LogP contribution in [0.2, 0.25) is 0 Å². The largest absolute Gasteiger partial charge is 0.351 e. The molecule has 0 spiro atoms. The number of anilines is 2. The first-order valence-corrected chi connectivity index (χ1v) is 11.8. The molecule has 2 heterocycles. The van der Waals surface area contributed by atoms with Crippen LogP contribution in [0.3, 0.4) is 0 Å². The minimum Gasteiger partial charge on any atom is -0.351 e. The molecule has 1 aromatic heterocycles. The van der Waals surface area contributed by atoms with E-state index in [2.05, 4.69) is 69.1 Å². The van der Waals surface area contributed by atoms with E-state index >= 15 is 0 Å². The third-order valence-electron chi connectivity index (χ3n) is 4.89. The van der Waals surface area contributed by atoms with Gasteiger partial charge in [0.15, 0.2) is 4.34 Å². The van der Waals surface area contributed by atoms with Crippen LogP contribution in [0.25, 0.3) is 0 Å². The van der Waals surface area contributed by atoms with E-state index < -0.39 is 0 Å². The first kappa shape index (κ1) is 20.8. The van der Waals surface area contributed by atoms with Gasteiger partial charge in [-0.15, -0.1) is 10.2 Å². The van der Waals surface area contributed by atoms with Gasteiger partial charge in [0.05, 0.1) is 5.75 Å². The van der Waals surface area contributed by atoms with Crippen molar-refractivity contribution in [3.8, 4) is 0 Å². The summed E-state index contributed by atoms with van der Waals surface area (Å²) in [5, 5.41) is 15.5. The number of amides is 1. The molecule has 1 aliphatic heterocycles. The van der Waals surface area contributed by atoms with Crippen LogP contribution in [0, 0.1) is 6.92 Å². The number of aryl methyl sites for hydroxylation is 1. The van der Waals surface area contributed by atoms with Crippen molar-refractivity contribution in [2.24, 2.45) is 0 Å². The summed E-state index contributed by atoms with van der Waals surface area (Å²) in [5.41, 5.74) is 3.48. The van der Waals surface area contributed by atoms with Gasteiger partial charge in [-0.2, -0.15) is 0 Å². The lowest BCUT2D eigenvalue weighted by molar-refractivity contribution is -0.119. The Hall–Kier alpha value is -2.42. The van der Waals surface area contributed by atoms with Gasteiger partial charge in [-0.25, -0.2) is 0 Å². The van der Waals surface area contributed by atoms with E-state index in [0.717, 1.165) is 41.2 Å². The maximum atomic E-state index is 12.4. The van der Waals surface area contributed by atoms with Gasteiger partial charge in [-0.05, 0) is 36.6 Å². The lowest BCUT2D eigenvalue weighted by Crippen LogP contribution is -2.37. The van der Waals surface area contributed by atoms with Crippen LogP contribution < -0.4 is 10.6 Å². The van der Waals surface area contributed by atoms with E-state index in [0.29, 0.717) is 5.75 Å². The molecule has 1 saturated heterocycles. The van der Waals surface area contributed by atoms with E-state index in [1.54, 1.807) is 0 Å². The van der Waals surface area contributed by atoms with E-state index in [9.17, 15) is 4.79 Å². The fourth-order valence-corrected chi connectivity index (χ4v) is 5.08. The Bertz CT molecular complexity index is 978. The van der Waals surface area contributed by atoms with Crippen LogP contribution in [0.5, 0.6) is 0 Å². The summed E-state index contributed by atoms with van der Waals surface area (Å²) in [5.74, 6) is 0.406. The number of hydrogen-bond acceptors (Lipinski definition) is 7. The average Bonchev–Trinajstić information content (AvgIpc) is 3.36. The number of benzene rings is 2. The van der Waals surface area contributed by atoms with Crippen LogP contribution in [-0.4, -0.2) is 45.9 Å². The van der Waals surface area contributed by atoms with Crippen LogP contribution in [-0.2, 0) is 11.3 Å². The second-order valence-corrected chi connectivity index (χ2v) is 9.63. The predicted octanol–water partition coefficient (Wildman–Crippen LogP) is 4.07.